The van der Waals surface area contributed by atoms with Crippen LogP contribution in [0.5, 0.6) is 0 Å². The Morgan fingerprint density at radius 1 is 0.667 bits per heavy atom. The minimum absolute atomic E-state index is 0.705. The summed E-state index contributed by atoms with van der Waals surface area (Å²) in [7, 11) is 0. The average molecular weight is 387 g/mol. The third kappa shape index (κ3) is 2.60. The molecule has 0 radical (unpaired) electrons. The molecule has 30 heavy (non-hydrogen) atoms. The first kappa shape index (κ1) is 16.7. The Bertz CT molecular complexity index is 1420. The number of fused-ring (bicyclic) bond motifs is 3. The topological polar surface area (TPSA) is 48.0 Å². The van der Waals surface area contributed by atoms with Crippen molar-refractivity contribution in [1.29, 1.82) is 0 Å². The van der Waals surface area contributed by atoms with Crippen molar-refractivity contribution in [1.82, 2.24) is 24.1 Å². The third-order valence-corrected chi connectivity index (χ3v) is 5.23. The summed E-state index contributed by atoms with van der Waals surface area (Å²) in [4.78, 5) is 9.44. The van der Waals surface area contributed by atoms with Gasteiger partial charge < -0.3 is 0 Å². The van der Waals surface area contributed by atoms with Crippen LogP contribution in [-0.2, 0) is 0 Å². The molecule has 6 rings (SSSR count). The molecule has 0 bridgehead atoms. The van der Waals surface area contributed by atoms with E-state index in [2.05, 4.69) is 39.7 Å². The predicted molar refractivity (Wildman–Crippen MR) is 118 cm³/mol. The van der Waals surface area contributed by atoms with Crippen LogP contribution in [-0.4, -0.2) is 24.1 Å². The largest absolute Gasteiger partial charge is 0.272 e. The standard InChI is InChI=1S/C25H17N5/c1-4-10-18(11-5-1)21-16-22-24(27-21)26-17-23-29(22)25(19-12-6-2-7-13-19)28-30(23)20-14-8-3-9-15-20/h1-17H. The molecule has 0 unspecified atom stereocenters. The number of benzene rings is 3. The van der Waals surface area contributed by atoms with Gasteiger partial charge in [0.15, 0.2) is 17.3 Å². The minimum atomic E-state index is 0.705. The predicted octanol–water partition coefficient (Wildman–Crippen LogP) is 5.35. The highest BCUT2D eigenvalue weighted by Gasteiger charge is 2.21. The molecule has 3 aromatic carbocycles. The van der Waals surface area contributed by atoms with Crippen LogP contribution >= 0.6 is 0 Å². The monoisotopic (exact) mass is 387 g/mol. The molecule has 0 spiro atoms. The SMILES string of the molecule is c1ccc(-c2cc3n4c(-c5ccccc5)nn(-c5ccccc5)c4cnc-3n2)cc1. The molecule has 0 saturated heterocycles. The number of para-hydroxylation sites is 1. The summed E-state index contributed by atoms with van der Waals surface area (Å²) in [6.45, 7) is 0. The molecule has 2 aliphatic rings. The van der Waals surface area contributed by atoms with Crippen molar-refractivity contribution in [3.05, 3.63) is 103 Å². The van der Waals surface area contributed by atoms with Gasteiger partial charge in [-0.3, -0.25) is 4.40 Å². The lowest BCUT2D eigenvalue weighted by Crippen LogP contribution is -1.99. The van der Waals surface area contributed by atoms with E-state index in [9.17, 15) is 0 Å². The molecule has 3 heterocycles. The number of rotatable bonds is 3. The summed E-state index contributed by atoms with van der Waals surface area (Å²) in [5.74, 6) is 1.56. The van der Waals surface area contributed by atoms with Gasteiger partial charge in [0.25, 0.3) is 0 Å². The van der Waals surface area contributed by atoms with Crippen LogP contribution in [0.2, 0.25) is 0 Å². The van der Waals surface area contributed by atoms with Gasteiger partial charge in [0.2, 0.25) is 0 Å². The summed E-state index contributed by atoms with van der Waals surface area (Å²) < 4.78 is 4.08. The minimum Gasteiger partial charge on any atom is -0.272 e. The fraction of sp³-hybridized carbons (Fsp3) is 0. The van der Waals surface area contributed by atoms with Crippen molar-refractivity contribution in [3.8, 4) is 39.9 Å². The van der Waals surface area contributed by atoms with Gasteiger partial charge in [0.1, 0.15) is 0 Å². The number of aromatic nitrogens is 5. The zero-order chi connectivity index (χ0) is 19.9. The molecule has 0 saturated carbocycles. The van der Waals surface area contributed by atoms with Crippen LogP contribution in [0.15, 0.2) is 103 Å². The van der Waals surface area contributed by atoms with Gasteiger partial charge in [-0.2, -0.15) is 0 Å². The molecular formula is C25H17N5. The van der Waals surface area contributed by atoms with Crippen molar-refractivity contribution in [2.75, 3.05) is 0 Å². The first-order valence-electron chi connectivity index (χ1n) is 9.82. The molecule has 5 heteroatoms. The second-order valence-electron chi connectivity index (χ2n) is 7.11. The van der Waals surface area contributed by atoms with Crippen LogP contribution < -0.4 is 0 Å². The van der Waals surface area contributed by atoms with Gasteiger partial charge in [0, 0.05) is 11.1 Å². The van der Waals surface area contributed by atoms with Crippen molar-refractivity contribution >= 4 is 5.65 Å². The molecule has 2 aliphatic heterocycles. The molecule has 142 valence electrons. The van der Waals surface area contributed by atoms with Crippen LogP contribution in [0.3, 0.4) is 0 Å². The Morgan fingerprint density at radius 2 is 1.30 bits per heavy atom. The Balaban J connectivity index is 1.68. The summed E-state index contributed by atoms with van der Waals surface area (Å²) in [6.07, 6.45) is 1.84. The fourth-order valence-corrected chi connectivity index (χ4v) is 3.81. The van der Waals surface area contributed by atoms with Gasteiger partial charge in [-0.05, 0) is 18.2 Å². The van der Waals surface area contributed by atoms with Gasteiger partial charge in [-0.1, -0.05) is 78.9 Å². The molecule has 5 nitrogen and oxygen atoms in total. The van der Waals surface area contributed by atoms with Gasteiger partial charge in [-0.15, -0.1) is 5.10 Å². The van der Waals surface area contributed by atoms with E-state index < -0.39 is 0 Å². The zero-order valence-corrected chi connectivity index (χ0v) is 16.1. The zero-order valence-electron chi connectivity index (χ0n) is 16.1. The van der Waals surface area contributed by atoms with E-state index in [0.29, 0.717) is 5.82 Å². The molecular weight excluding hydrogens is 370 g/mol. The van der Waals surface area contributed by atoms with E-state index in [1.807, 2.05) is 77.6 Å². The molecule has 0 fully saturated rings. The Labute approximate surface area is 173 Å². The lowest BCUT2D eigenvalue weighted by molar-refractivity contribution is 0.912. The normalized spacial score (nSPS) is 11.3. The first-order chi connectivity index (χ1) is 14.9. The van der Waals surface area contributed by atoms with E-state index in [4.69, 9.17) is 10.1 Å². The lowest BCUT2D eigenvalue weighted by atomic mass is 10.1. The summed E-state index contributed by atoms with van der Waals surface area (Å²) in [6, 6.07) is 32.6. The van der Waals surface area contributed by atoms with E-state index >= 15 is 0 Å². The fourth-order valence-electron chi connectivity index (χ4n) is 3.81. The second-order valence-corrected chi connectivity index (χ2v) is 7.11. The maximum atomic E-state index is 4.97. The van der Waals surface area contributed by atoms with E-state index in [1.54, 1.807) is 0 Å². The summed E-state index contributed by atoms with van der Waals surface area (Å²) in [5.41, 5.74) is 5.83. The summed E-state index contributed by atoms with van der Waals surface area (Å²) in [5, 5.41) is 4.97. The molecule has 0 aliphatic carbocycles. The summed E-state index contributed by atoms with van der Waals surface area (Å²) >= 11 is 0. The highest BCUT2D eigenvalue weighted by molar-refractivity contribution is 5.74. The van der Waals surface area contributed by atoms with Crippen LogP contribution in [0, 0.1) is 0 Å². The molecule has 0 N–H and O–H groups in total. The Kier molecular flexibility index (Phi) is 3.71. The van der Waals surface area contributed by atoms with Gasteiger partial charge in [0.05, 0.1) is 23.3 Å². The van der Waals surface area contributed by atoms with E-state index in [0.717, 1.165) is 39.7 Å². The Morgan fingerprint density at radius 3 is 2.00 bits per heavy atom. The molecule has 0 amide bonds. The second kappa shape index (κ2) is 6.67. The van der Waals surface area contributed by atoms with E-state index in [-0.39, 0.29) is 0 Å². The number of nitrogens with zero attached hydrogens (tertiary/aromatic N) is 5. The maximum absolute atomic E-state index is 4.97. The van der Waals surface area contributed by atoms with Gasteiger partial charge >= 0.3 is 0 Å². The van der Waals surface area contributed by atoms with Crippen molar-refractivity contribution in [3.63, 3.8) is 0 Å². The smallest absolute Gasteiger partial charge is 0.177 e. The Hall–Kier alpha value is -4.25. The van der Waals surface area contributed by atoms with Crippen LogP contribution in [0.25, 0.3) is 45.5 Å². The lowest BCUT2D eigenvalue weighted by Gasteiger charge is -2.05. The maximum Gasteiger partial charge on any atom is 0.177 e. The van der Waals surface area contributed by atoms with Crippen molar-refractivity contribution < 1.29 is 0 Å². The highest BCUT2D eigenvalue weighted by Crippen LogP contribution is 2.32. The first-order valence-corrected chi connectivity index (χ1v) is 9.82. The third-order valence-electron chi connectivity index (χ3n) is 5.23. The van der Waals surface area contributed by atoms with E-state index in [1.165, 1.54) is 0 Å². The van der Waals surface area contributed by atoms with Crippen molar-refractivity contribution in [2.45, 2.75) is 0 Å². The molecule has 0 atom stereocenters. The highest BCUT2D eigenvalue weighted by atomic mass is 15.4. The van der Waals surface area contributed by atoms with Gasteiger partial charge in [-0.25, -0.2) is 14.6 Å². The quantitative estimate of drug-likeness (QED) is 0.411. The average Bonchev–Trinajstić information content (AvgIpc) is 3.43. The van der Waals surface area contributed by atoms with Crippen molar-refractivity contribution in [2.24, 2.45) is 0 Å². The number of hydrogen-bond acceptors (Lipinski definition) is 3. The van der Waals surface area contributed by atoms with Crippen LogP contribution in [0.1, 0.15) is 0 Å². The van der Waals surface area contributed by atoms with Crippen LogP contribution in [0.4, 0.5) is 0 Å². The molecule has 4 aromatic rings. The number of hydrogen-bond donors (Lipinski definition) is 0. The molecule has 1 aromatic heterocycles.